The second-order valence-corrected chi connectivity index (χ2v) is 3.77. The highest BCUT2D eigenvalue weighted by molar-refractivity contribution is 14.1. The highest BCUT2D eigenvalue weighted by atomic mass is 127. The number of aromatic hydroxyl groups is 1. The number of pyridine rings is 1. The molecule has 0 aliphatic rings. The molecule has 0 atom stereocenters. The van der Waals surface area contributed by atoms with Crippen molar-refractivity contribution in [2.24, 2.45) is 0 Å². The maximum absolute atomic E-state index is 12.3. The highest BCUT2D eigenvalue weighted by Crippen LogP contribution is 2.28. The number of rotatable bonds is 3. The van der Waals surface area contributed by atoms with E-state index in [1.807, 2.05) is 0 Å². The van der Waals surface area contributed by atoms with Crippen LogP contribution < -0.4 is 0 Å². The topological polar surface area (TPSA) is 59.4 Å². The van der Waals surface area contributed by atoms with Gasteiger partial charge in [0.2, 0.25) is 0 Å². The Morgan fingerprint density at radius 1 is 1.69 bits per heavy atom. The van der Waals surface area contributed by atoms with Crippen LogP contribution in [0.2, 0.25) is 0 Å². The lowest BCUT2D eigenvalue weighted by atomic mass is 10.2. The van der Waals surface area contributed by atoms with E-state index >= 15 is 0 Å². The first-order valence-corrected chi connectivity index (χ1v) is 5.40. The number of nitrogens with zero attached hydrogens (tertiary/aromatic N) is 1. The molecule has 0 aliphatic carbocycles. The molecule has 0 amide bonds. The van der Waals surface area contributed by atoms with E-state index in [2.05, 4.69) is 9.72 Å². The predicted molar refractivity (Wildman–Crippen MR) is 59.5 cm³/mol. The van der Waals surface area contributed by atoms with E-state index in [0.717, 1.165) is 6.07 Å². The smallest absolute Gasteiger partial charge is 0.340 e. The Kier molecular flexibility index (Phi) is 4.39. The molecular formula is C9H8F2INO3. The predicted octanol–water partition coefficient (Wildman–Crippen LogP) is 2.51. The fourth-order valence-electron chi connectivity index (χ4n) is 1.01. The maximum Gasteiger partial charge on any atom is 0.340 e. The van der Waals surface area contributed by atoms with Gasteiger partial charge >= 0.3 is 5.97 Å². The number of aromatic nitrogens is 1. The van der Waals surface area contributed by atoms with Gasteiger partial charge in [0.15, 0.2) is 0 Å². The van der Waals surface area contributed by atoms with E-state index in [1.165, 1.54) is 0 Å². The van der Waals surface area contributed by atoms with Crippen LogP contribution in [0.1, 0.15) is 29.4 Å². The van der Waals surface area contributed by atoms with E-state index in [1.54, 1.807) is 29.5 Å². The van der Waals surface area contributed by atoms with E-state index < -0.39 is 23.8 Å². The molecule has 0 aliphatic heterocycles. The third-order valence-electron chi connectivity index (χ3n) is 1.69. The molecule has 16 heavy (non-hydrogen) atoms. The van der Waals surface area contributed by atoms with E-state index in [0.29, 0.717) is 0 Å². The van der Waals surface area contributed by atoms with Crippen molar-refractivity contribution < 1.29 is 23.4 Å². The molecule has 1 aromatic heterocycles. The fourth-order valence-corrected chi connectivity index (χ4v) is 1.64. The van der Waals surface area contributed by atoms with Crippen LogP contribution in [0.15, 0.2) is 6.07 Å². The molecule has 4 nitrogen and oxygen atoms in total. The minimum absolute atomic E-state index is 0.0237. The van der Waals surface area contributed by atoms with E-state index in [-0.39, 0.29) is 15.9 Å². The summed E-state index contributed by atoms with van der Waals surface area (Å²) in [5.41, 5.74) is -0.762. The SMILES string of the molecule is CCOC(=O)c1cc(O)c(C(F)F)nc1I. The van der Waals surface area contributed by atoms with Crippen molar-refractivity contribution in [3.8, 4) is 5.75 Å². The second-order valence-electron chi connectivity index (χ2n) is 2.75. The van der Waals surface area contributed by atoms with Crippen LogP contribution in [0.3, 0.4) is 0 Å². The van der Waals surface area contributed by atoms with Crippen LogP contribution in [0.4, 0.5) is 8.78 Å². The van der Waals surface area contributed by atoms with Crippen molar-refractivity contribution in [1.29, 1.82) is 0 Å². The van der Waals surface area contributed by atoms with Gasteiger partial charge in [-0.25, -0.2) is 18.6 Å². The van der Waals surface area contributed by atoms with Crippen molar-refractivity contribution >= 4 is 28.6 Å². The minimum Gasteiger partial charge on any atom is -0.506 e. The van der Waals surface area contributed by atoms with Crippen molar-refractivity contribution in [3.05, 3.63) is 21.0 Å². The van der Waals surface area contributed by atoms with Crippen LogP contribution in [0.25, 0.3) is 0 Å². The summed E-state index contributed by atoms with van der Waals surface area (Å²) in [5.74, 6) is -1.41. The molecule has 0 radical (unpaired) electrons. The largest absolute Gasteiger partial charge is 0.506 e. The minimum atomic E-state index is -2.88. The Hall–Kier alpha value is -0.990. The third kappa shape index (κ3) is 2.77. The number of esters is 1. The zero-order chi connectivity index (χ0) is 12.3. The van der Waals surface area contributed by atoms with E-state index in [4.69, 9.17) is 0 Å². The highest BCUT2D eigenvalue weighted by Gasteiger charge is 2.21. The molecule has 0 aromatic carbocycles. The Morgan fingerprint density at radius 3 is 2.81 bits per heavy atom. The molecule has 0 spiro atoms. The van der Waals surface area contributed by atoms with Crippen LogP contribution in [0.5, 0.6) is 5.75 Å². The standard InChI is InChI=1S/C9H8F2INO3/c1-2-16-9(15)4-3-5(14)6(7(10)11)13-8(4)12/h3,7,14H,2H2,1H3. The average Bonchev–Trinajstić information content (AvgIpc) is 2.20. The first kappa shape index (κ1) is 13.1. The normalized spacial score (nSPS) is 10.6. The Bertz CT molecular complexity index is 412. The number of carbonyl (C=O) groups is 1. The van der Waals surface area contributed by atoms with Gasteiger partial charge in [-0.15, -0.1) is 0 Å². The zero-order valence-electron chi connectivity index (χ0n) is 8.21. The summed E-state index contributed by atoms with van der Waals surface area (Å²) in [7, 11) is 0. The van der Waals surface area contributed by atoms with Gasteiger partial charge in [-0.1, -0.05) is 0 Å². The lowest BCUT2D eigenvalue weighted by molar-refractivity contribution is 0.0523. The van der Waals surface area contributed by atoms with Gasteiger partial charge < -0.3 is 9.84 Å². The molecule has 7 heteroatoms. The number of halogens is 3. The summed E-state index contributed by atoms with van der Waals surface area (Å²) >= 11 is 1.63. The lowest BCUT2D eigenvalue weighted by Crippen LogP contribution is -2.09. The molecule has 1 aromatic rings. The molecule has 0 saturated carbocycles. The molecule has 0 unspecified atom stereocenters. The van der Waals surface area contributed by atoms with Crippen molar-refractivity contribution in [1.82, 2.24) is 4.98 Å². The average molecular weight is 343 g/mol. The Morgan fingerprint density at radius 2 is 2.31 bits per heavy atom. The van der Waals surface area contributed by atoms with Gasteiger partial charge in [0.25, 0.3) is 6.43 Å². The summed E-state index contributed by atoms with van der Waals surface area (Å²) in [6.07, 6.45) is -2.88. The van der Waals surface area contributed by atoms with Crippen LogP contribution in [0, 0.1) is 3.70 Å². The Balaban J connectivity index is 3.15. The molecule has 0 saturated heterocycles. The van der Waals surface area contributed by atoms with Crippen molar-refractivity contribution in [2.75, 3.05) is 6.61 Å². The zero-order valence-corrected chi connectivity index (χ0v) is 10.4. The van der Waals surface area contributed by atoms with Gasteiger partial charge in [0.1, 0.15) is 15.1 Å². The molecular weight excluding hydrogens is 335 g/mol. The monoisotopic (exact) mass is 343 g/mol. The molecule has 1 rings (SSSR count). The van der Waals surface area contributed by atoms with Gasteiger partial charge in [-0.3, -0.25) is 0 Å². The van der Waals surface area contributed by atoms with Gasteiger partial charge in [-0.2, -0.15) is 0 Å². The number of carbonyl (C=O) groups excluding carboxylic acids is 1. The summed E-state index contributed by atoms with van der Waals surface area (Å²) in [6.45, 7) is 1.78. The molecule has 0 bridgehead atoms. The van der Waals surface area contributed by atoms with E-state index in [9.17, 15) is 18.7 Å². The van der Waals surface area contributed by atoms with Gasteiger partial charge in [-0.05, 0) is 35.6 Å². The summed E-state index contributed by atoms with van der Waals surface area (Å²) < 4.78 is 29.4. The first-order chi connectivity index (χ1) is 7.47. The first-order valence-electron chi connectivity index (χ1n) is 4.32. The van der Waals surface area contributed by atoms with Crippen molar-refractivity contribution in [3.63, 3.8) is 0 Å². The fraction of sp³-hybridized carbons (Fsp3) is 0.333. The molecule has 0 fully saturated rings. The maximum atomic E-state index is 12.3. The molecule has 1 heterocycles. The number of hydrogen-bond donors (Lipinski definition) is 1. The summed E-state index contributed by atoms with van der Waals surface area (Å²) in [5, 5.41) is 9.25. The van der Waals surface area contributed by atoms with Crippen molar-refractivity contribution in [2.45, 2.75) is 13.3 Å². The number of hydrogen-bond acceptors (Lipinski definition) is 4. The quantitative estimate of drug-likeness (QED) is 0.521. The number of ether oxygens (including phenoxy) is 1. The van der Waals surface area contributed by atoms with Gasteiger partial charge in [0.05, 0.1) is 12.2 Å². The lowest BCUT2D eigenvalue weighted by Gasteiger charge is -2.07. The second kappa shape index (κ2) is 5.37. The molecule has 88 valence electrons. The van der Waals surface area contributed by atoms with Gasteiger partial charge in [0, 0.05) is 0 Å². The van der Waals surface area contributed by atoms with Crippen LogP contribution >= 0.6 is 22.6 Å². The Labute approximate surface area is 104 Å². The number of alkyl halides is 2. The summed E-state index contributed by atoms with van der Waals surface area (Å²) in [4.78, 5) is 14.8. The van der Waals surface area contributed by atoms with Crippen LogP contribution in [-0.2, 0) is 4.74 Å². The third-order valence-corrected chi connectivity index (χ3v) is 2.51. The summed E-state index contributed by atoms with van der Waals surface area (Å²) in [6, 6.07) is 0.939. The van der Waals surface area contributed by atoms with Crippen LogP contribution in [-0.4, -0.2) is 22.7 Å². The molecule has 1 N–H and O–H groups in total.